The second-order valence-corrected chi connectivity index (χ2v) is 11.8. The first-order chi connectivity index (χ1) is 17.2. The number of allylic oxidation sites excluding steroid dienone is 4. The lowest BCUT2D eigenvalue weighted by Gasteiger charge is -2.59. The molecular formula is C29H33NO6. The van der Waals surface area contributed by atoms with Gasteiger partial charge in [-0.2, -0.15) is 0 Å². The molecule has 0 unspecified atom stereocenters. The smallest absolute Gasteiger partial charge is 0.277 e. The normalized spacial score (nSPS) is 42.8. The van der Waals surface area contributed by atoms with Gasteiger partial charge in [-0.25, -0.2) is 5.06 Å². The highest BCUT2D eigenvalue weighted by molar-refractivity contribution is 6.01. The molecule has 4 aliphatic carbocycles. The van der Waals surface area contributed by atoms with Crippen molar-refractivity contribution in [3.05, 3.63) is 59.7 Å². The third-order valence-electron chi connectivity index (χ3n) is 10.3. The average Bonchev–Trinajstić information content (AvgIpc) is 3.37. The molecule has 4 fully saturated rings. The molecule has 8 atom stereocenters. The van der Waals surface area contributed by atoms with E-state index in [4.69, 9.17) is 4.84 Å². The third-order valence-corrected chi connectivity index (χ3v) is 10.3. The minimum atomic E-state index is -1.36. The molecule has 190 valence electrons. The standard InChI is InChI=1S/C29H33NO6/c1-27-11-10-20(32)12-18(27)8-9-21-22-13-19-15-30(26(35)17-6-4-3-5-7-17)36-29(19,24(34)16-31)28(22,2)14-23(33)25(21)27/h3-7,10-12,19,21-23,25,31,33H,8-9,13-16H2,1-2H3/t19-,21-,22-,23-,25+,27-,28-,29-/m0/s1. The quantitative estimate of drug-likeness (QED) is 0.674. The molecule has 0 radical (unpaired) electrons. The molecule has 0 aromatic heterocycles. The summed E-state index contributed by atoms with van der Waals surface area (Å²) in [5.74, 6) is -0.838. The van der Waals surface area contributed by atoms with Crippen molar-refractivity contribution < 1.29 is 29.4 Å². The number of fused-ring (bicyclic) bond motifs is 7. The van der Waals surface area contributed by atoms with E-state index in [1.807, 2.05) is 19.1 Å². The van der Waals surface area contributed by atoms with Crippen molar-refractivity contribution in [2.75, 3.05) is 13.2 Å². The number of Topliss-reactive ketones (excluding diaryl/α,β-unsaturated/α-hetero) is 1. The van der Waals surface area contributed by atoms with Gasteiger partial charge in [0, 0.05) is 28.2 Å². The van der Waals surface area contributed by atoms with Gasteiger partial charge in [-0.15, -0.1) is 0 Å². The van der Waals surface area contributed by atoms with Crippen LogP contribution in [0.3, 0.4) is 0 Å². The maximum atomic E-state index is 13.5. The number of ketones is 2. The number of carbonyl (C=O) groups excluding carboxylic acids is 3. The van der Waals surface area contributed by atoms with E-state index in [1.165, 1.54) is 5.06 Å². The Hall–Kier alpha value is -2.61. The third kappa shape index (κ3) is 2.93. The van der Waals surface area contributed by atoms with Gasteiger partial charge in [-0.1, -0.05) is 43.7 Å². The lowest BCUT2D eigenvalue weighted by molar-refractivity contribution is -0.235. The van der Waals surface area contributed by atoms with Crippen LogP contribution in [0.1, 0.15) is 49.9 Å². The molecule has 1 aliphatic heterocycles. The molecule has 3 saturated carbocycles. The Bertz CT molecular complexity index is 1190. The van der Waals surface area contributed by atoms with E-state index in [1.54, 1.807) is 36.4 Å². The van der Waals surface area contributed by atoms with Crippen LogP contribution in [0, 0.1) is 34.5 Å². The topological polar surface area (TPSA) is 104 Å². The summed E-state index contributed by atoms with van der Waals surface area (Å²) in [5.41, 5.74) is -0.949. The summed E-state index contributed by atoms with van der Waals surface area (Å²) in [6, 6.07) is 8.84. The molecule has 0 spiro atoms. The molecule has 5 aliphatic rings. The molecule has 1 aromatic rings. The highest BCUT2D eigenvalue weighted by atomic mass is 16.7. The van der Waals surface area contributed by atoms with Crippen LogP contribution in [0.4, 0.5) is 0 Å². The zero-order valence-corrected chi connectivity index (χ0v) is 20.7. The van der Waals surface area contributed by atoms with Crippen molar-refractivity contribution in [1.82, 2.24) is 5.06 Å². The minimum Gasteiger partial charge on any atom is -0.393 e. The van der Waals surface area contributed by atoms with Gasteiger partial charge in [0.15, 0.2) is 17.2 Å². The summed E-state index contributed by atoms with van der Waals surface area (Å²) in [5, 5.41) is 23.0. The van der Waals surface area contributed by atoms with Crippen LogP contribution in [-0.4, -0.2) is 57.6 Å². The fourth-order valence-electron chi connectivity index (χ4n) is 8.83. The largest absolute Gasteiger partial charge is 0.393 e. The number of aliphatic hydroxyl groups is 2. The summed E-state index contributed by atoms with van der Waals surface area (Å²) in [6.45, 7) is 3.72. The van der Waals surface area contributed by atoms with Crippen LogP contribution in [0.15, 0.2) is 54.1 Å². The summed E-state index contributed by atoms with van der Waals surface area (Å²) < 4.78 is 0. The summed E-state index contributed by atoms with van der Waals surface area (Å²) >= 11 is 0. The zero-order chi connectivity index (χ0) is 25.5. The second kappa shape index (κ2) is 7.94. The highest BCUT2D eigenvalue weighted by Crippen LogP contribution is 2.70. The minimum absolute atomic E-state index is 0.00414. The summed E-state index contributed by atoms with van der Waals surface area (Å²) in [4.78, 5) is 45.2. The molecule has 36 heavy (non-hydrogen) atoms. The molecule has 7 heteroatoms. The van der Waals surface area contributed by atoms with Gasteiger partial charge in [0.2, 0.25) is 0 Å². The molecular weight excluding hydrogens is 458 g/mol. The Morgan fingerprint density at radius 1 is 1.19 bits per heavy atom. The van der Waals surface area contributed by atoms with E-state index >= 15 is 0 Å². The van der Waals surface area contributed by atoms with Gasteiger partial charge >= 0.3 is 0 Å². The van der Waals surface area contributed by atoms with Gasteiger partial charge in [0.1, 0.15) is 6.61 Å². The SMILES string of the molecule is C[C@]12C=CC(=O)C=C1CC[C@@H]1[C@@H]2[C@@H](O)C[C@@]2(C)[C@H]1C[C@H]1CN(C(=O)c3ccccc3)O[C@]12C(=O)CO. The molecule has 6 rings (SSSR count). The van der Waals surface area contributed by atoms with Crippen molar-refractivity contribution in [1.29, 1.82) is 0 Å². The van der Waals surface area contributed by atoms with Crippen LogP contribution in [0.2, 0.25) is 0 Å². The maximum Gasteiger partial charge on any atom is 0.277 e. The number of aliphatic hydroxyl groups excluding tert-OH is 2. The van der Waals surface area contributed by atoms with E-state index in [0.717, 1.165) is 18.4 Å². The van der Waals surface area contributed by atoms with Crippen molar-refractivity contribution in [3.8, 4) is 0 Å². The molecule has 1 heterocycles. The Morgan fingerprint density at radius 2 is 1.94 bits per heavy atom. The average molecular weight is 492 g/mol. The molecule has 2 N–H and O–H groups in total. The number of nitrogens with zero attached hydrogens (tertiary/aromatic N) is 1. The van der Waals surface area contributed by atoms with Gasteiger partial charge in [0.25, 0.3) is 5.91 Å². The summed E-state index contributed by atoms with van der Waals surface area (Å²) in [6.07, 6.45) is 7.22. The van der Waals surface area contributed by atoms with Gasteiger partial charge in [-0.05, 0) is 61.8 Å². The molecule has 0 bridgehead atoms. The first-order valence-corrected chi connectivity index (χ1v) is 13.0. The Kier molecular flexibility index (Phi) is 5.24. The Morgan fingerprint density at radius 3 is 2.67 bits per heavy atom. The molecule has 1 amide bonds. The second-order valence-electron chi connectivity index (χ2n) is 11.8. The van der Waals surface area contributed by atoms with Crippen LogP contribution >= 0.6 is 0 Å². The van der Waals surface area contributed by atoms with E-state index in [-0.39, 0.29) is 41.9 Å². The van der Waals surface area contributed by atoms with Crippen LogP contribution in [0.5, 0.6) is 0 Å². The number of carbonyl (C=O) groups is 3. The first kappa shape index (κ1) is 23.8. The number of hydroxylamine groups is 2. The Labute approximate surface area is 210 Å². The van der Waals surface area contributed by atoms with Crippen molar-refractivity contribution >= 4 is 17.5 Å². The van der Waals surface area contributed by atoms with Gasteiger partial charge in [0.05, 0.1) is 12.6 Å². The summed E-state index contributed by atoms with van der Waals surface area (Å²) in [7, 11) is 0. The number of benzene rings is 1. The number of rotatable bonds is 3. The zero-order valence-electron chi connectivity index (χ0n) is 20.7. The predicted octanol–water partition coefficient (Wildman–Crippen LogP) is 2.88. The van der Waals surface area contributed by atoms with Gasteiger partial charge < -0.3 is 10.2 Å². The highest BCUT2D eigenvalue weighted by Gasteiger charge is 2.75. The maximum absolute atomic E-state index is 13.5. The number of hydrogen-bond acceptors (Lipinski definition) is 6. The number of hydrogen-bond donors (Lipinski definition) is 2. The van der Waals surface area contributed by atoms with Crippen LogP contribution in [-0.2, 0) is 14.4 Å². The molecule has 1 aromatic carbocycles. The number of amides is 1. The predicted molar refractivity (Wildman–Crippen MR) is 130 cm³/mol. The van der Waals surface area contributed by atoms with E-state index in [2.05, 4.69) is 6.92 Å². The van der Waals surface area contributed by atoms with Crippen LogP contribution in [0.25, 0.3) is 0 Å². The fraction of sp³-hybridized carbons (Fsp3) is 0.552. The van der Waals surface area contributed by atoms with Gasteiger partial charge in [-0.3, -0.25) is 19.2 Å². The monoisotopic (exact) mass is 491 g/mol. The van der Waals surface area contributed by atoms with E-state index in [0.29, 0.717) is 18.4 Å². The fourth-order valence-corrected chi connectivity index (χ4v) is 8.83. The lowest BCUT2D eigenvalue weighted by Crippen LogP contribution is -2.63. The van der Waals surface area contributed by atoms with Crippen molar-refractivity contribution in [3.63, 3.8) is 0 Å². The lowest BCUT2D eigenvalue weighted by atomic mass is 9.46. The molecule has 1 saturated heterocycles. The van der Waals surface area contributed by atoms with E-state index in [9.17, 15) is 24.6 Å². The molecule has 7 nitrogen and oxygen atoms in total. The van der Waals surface area contributed by atoms with E-state index < -0.39 is 34.9 Å². The first-order valence-electron chi connectivity index (χ1n) is 13.0. The van der Waals surface area contributed by atoms with Crippen LogP contribution < -0.4 is 0 Å². The van der Waals surface area contributed by atoms with Crippen molar-refractivity contribution in [2.24, 2.45) is 34.5 Å². The Balaban J connectivity index is 1.38. The van der Waals surface area contributed by atoms with Crippen molar-refractivity contribution in [2.45, 2.75) is 51.2 Å².